The van der Waals surface area contributed by atoms with Crippen LogP contribution in [0, 0.1) is 0 Å². The van der Waals surface area contributed by atoms with Crippen LogP contribution in [0.3, 0.4) is 0 Å². The minimum Gasteiger partial charge on any atom is -0.339 e. The van der Waals surface area contributed by atoms with E-state index in [0.717, 1.165) is 37.3 Å². The van der Waals surface area contributed by atoms with Crippen LogP contribution >= 0.6 is 0 Å². The molecule has 26 heavy (non-hydrogen) atoms. The van der Waals surface area contributed by atoms with E-state index in [1.807, 2.05) is 26.0 Å². The summed E-state index contributed by atoms with van der Waals surface area (Å²) in [6, 6.07) is 10.7. The van der Waals surface area contributed by atoms with Gasteiger partial charge in [0.05, 0.1) is 0 Å². The average molecular weight is 355 g/mol. The fourth-order valence-electron chi connectivity index (χ4n) is 2.52. The minimum absolute atomic E-state index is 0.0904. The van der Waals surface area contributed by atoms with E-state index in [1.165, 1.54) is 6.92 Å². The first-order valence-corrected chi connectivity index (χ1v) is 8.81. The molecule has 7 nitrogen and oxygen atoms in total. The van der Waals surface area contributed by atoms with Crippen LogP contribution in [0.15, 0.2) is 36.4 Å². The molecule has 1 aromatic carbocycles. The molecule has 7 heteroatoms. The Morgan fingerprint density at radius 3 is 2.04 bits per heavy atom. The molecule has 0 bridgehead atoms. The number of amides is 2. The molecule has 0 aliphatic rings. The van der Waals surface area contributed by atoms with Crippen molar-refractivity contribution < 1.29 is 9.59 Å². The smallest absolute Gasteiger partial charge is 0.274 e. The van der Waals surface area contributed by atoms with Crippen molar-refractivity contribution in [3.8, 4) is 0 Å². The maximum absolute atomic E-state index is 12.5. The highest BCUT2D eigenvalue weighted by molar-refractivity contribution is 5.92. The molecule has 0 aliphatic heterocycles. The van der Waals surface area contributed by atoms with E-state index in [-0.39, 0.29) is 11.8 Å². The van der Waals surface area contributed by atoms with Crippen molar-refractivity contribution in [2.75, 3.05) is 23.7 Å². The Bertz CT molecular complexity index is 723. The molecule has 0 saturated heterocycles. The minimum atomic E-state index is -0.114. The number of benzene rings is 1. The van der Waals surface area contributed by atoms with Crippen LogP contribution in [0.1, 0.15) is 44.1 Å². The Hall–Kier alpha value is -2.96. The van der Waals surface area contributed by atoms with E-state index in [1.54, 1.807) is 29.2 Å². The second-order valence-electron chi connectivity index (χ2n) is 5.98. The van der Waals surface area contributed by atoms with Crippen LogP contribution in [-0.4, -0.2) is 40.0 Å². The van der Waals surface area contributed by atoms with Gasteiger partial charge in [-0.2, -0.15) is 0 Å². The van der Waals surface area contributed by atoms with Gasteiger partial charge in [0.2, 0.25) is 5.91 Å². The lowest BCUT2D eigenvalue weighted by Crippen LogP contribution is -2.33. The van der Waals surface area contributed by atoms with Gasteiger partial charge in [0.15, 0.2) is 11.5 Å². The highest BCUT2D eigenvalue weighted by atomic mass is 16.2. The molecule has 0 saturated carbocycles. The predicted molar refractivity (Wildman–Crippen MR) is 103 cm³/mol. The number of hydrogen-bond donors (Lipinski definition) is 2. The Morgan fingerprint density at radius 1 is 0.923 bits per heavy atom. The summed E-state index contributed by atoms with van der Waals surface area (Å²) in [5.41, 5.74) is 1.88. The molecule has 1 aromatic heterocycles. The van der Waals surface area contributed by atoms with Crippen LogP contribution < -0.4 is 10.6 Å². The van der Waals surface area contributed by atoms with Crippen LogP contribution in [-0.2, 0) is 4.79 Å². The van der Waals surface area contributed by atoms with Crippen molar-refractivity contribution in [3.05, 3.63) is 42.1 Å². The lowest BCUT2D eigenvalue weighted by atomic mass is 10.2. The summed E-state index contributed by atoms with van der Waals surface area (Å²) in [5.74, 6) is 0.343. The molecular weight excluding hydrogens is 330 g/mol. The molecule has 0 spiro atoms. The summed E-state index contributed by atoms with van der Waals surface area (Å²) in [7, 11) is 0. The SMILES string of the molecule is CCCN(CCC)C(=O)c1ccc(Nc2ccc(NC(C)=O)cc2)nn1. The lowest BCUT2D eigenvalue weighted by Gasteiger charge is -2.20. The van der Waals surface area contributed by atoms with Crippen LogP contribution in [0.25, 0.3) is 0 Å². The molecule has 0 radical (unpaired) electrons. The van der Waals surface area contributed by atoms with E-state index < -0.39 is 0 Å². The number of aromatic nitrogens is 2. The largest absolute Gasteiger partial charge is 0.339 e. The number of hydrogen-bond acceptors (Lipinski definition) is 5. The molecular formula is C19H25N5O2. The number of anilines is 3. The average Bonchev–Trinajstić information content (AvgIpc) is 2.63. The number of nitrogens with one attached hydrogen (secondary N) is 2. The van der Waals surface area contributed by atoms with Gasteiger partial charge in [-0.05, 0) is 49.2 Å². The van der Waals surface area contributed by atoms with Crippen molar-refractivity contribution in [1.29, 1.82) is 0 Å². The van der Waals surface area contributed by atoms with Crippen molar-refractivity contribution in [3.63, 3.8) is 0 Å². The maximum Gasteiger partial charge on any atom is 0.274 e. The van der Waals surface area contributed by atoms with E-state index >= 15 is 0 Å². The van der Waals surface area contributed by atoms with Gasteiger partial charge in [-0.15, -0.1) is 10.2 Å². The highest BCUT2D eigenvalue weighted by Crippen LogP contribution is 2.17. The van der Waals surface area contributed by atoms with Gasteiger partial charge < -0.3 is 15.5 Å². The summed E-state index contributed by atoms with van der Waals surface area (Å²) in [6.45, 7) is 6.99. The second kappa shape index (κ2) is 9.50. The second-order valence-corrected chi connectivity index (χ2v) is 5.98. The molecule has 2 amide bonds. The molecule has 2 N–H and O–H groups in total. The maximum atomic E-state index is 12.5. The third kappa shape index (κ3) is 5.54. The third-order valence-corrected chi connectivity index (χ3v) is 3.64. The molecule has 0 unspecified atom stereocenters. The fourth-order valence-corrected chi connectivity index (χ4v) is 2.52. The van der Waals surface area contributed by atoms with Gasteiger partial charge in [-0.1, -0.05) is 13.8 Å². The first-order chi connectivity index (χ1) is 12.5. The van der Waals surface area contributed by atoms with Crippen LogP contribution in [0.5, 0.6) is 0 Å². The zero-order valence-electron chi connectivity index (χ0n) is 15.5. The van der Waals surface area contributed by atoms with Crippen molar-refractivity contribution in [2.45, 2.75) is 33.6 Å². The molecule has 0 aliphatic carbocycles. The zero-order chi connectivity index (χ0) is 18.9. The quantitative estimate of drug-likeness (QED) is 0.757. The lowest BCUT2D eigenvalue weighted by molar-refractivity contribution is -0.114. The first-order valence-electron chi connectivity index (χ1n) is 8.81. The van der Waals surface area contributed by atoms with Gasteiger partial charge in [0.25, 0.3) is 5.91 Å². The van der Waals surface area contributed by atoms with E-state index in [2.05, 4.69) is 20.8 Å². The van der Waals surface area contributed by atoms with Gasteiger partial charge in [-0.25, -0.2) is 0 Å². The Labute approximate surface area is 153 Å². The number of rotatable bonds is 8. The van der Waals surface area contributed by atoms with Crippen LogP contribution in [0.2, 0.25) is 0 Å². The molecule has 2 aromatic rings. The Balaban J connectivity index is 2.02. The fraction of sp³-hybridized carbons (Fsp3) is 0.368. The van der Waals surface area contributed by atoms with Gasteiger partial charge >= 0.3 is 0 Å². The Morgan fingerprint density at radius 2 is 1.54 bits per heavy atom. The number of carbonyl (C=O) groups excluding carboxylic acids is 2. The van der Waals surface area contributed by atoms with E-state index in [4.69, 9.17) is 0 Å². The summed E-state index contributed by atoms with van der Waals surface area (Å²) in [6.07, 6.45) is 1.82. The molecule has 2 rings (SSSR count). The van der Waals surface area contributed by atoms with Crippen molar-refractivity contribution in [1.82, 2.24) is 15.1 Å². The molecule has 1 heterocycles. The topological polar surface area (TPSA) is 87.2 Å². The van der Waals surface area contributed by atoms with E-state index in [0.29, 0.717) is 11.5 Å². The summed E-state index contributed by atoms with van der Waals surface area (Å²) >= 11 is 0. The monoisotopic (exact) mass is 355 g/mol. The van der Waals surface area contributed by atoms with Gasteiger partial charge in [0, 0.05) is 31.4 Å². The zero-order valence-corrected chi connectivity index (χ0v) is 15.5. The Kier molecular flexibility index (Phi) is 7.08. The number of carbonyl (C=O) groups is 2. The predicted octanol–water partition coefficient (Wildman–Crippen LogP) is 3.44. The highest BCUT2D eigenvalue weighted by Gasteiger charge is 2.16. The van der Waals surface area contributed by atoms with Crippen molar-refractivity contribution >= 4 is 29.0 Å². The van der Waals surface area contributed by atoms with Crippen molar-refractivity contribution in [2.24, 2.45) is 0 Å². The van der Waals surface area contributed by atoms with Crippen LogP contribution in [0.4, 0.5) is 17.2 Å². The summed E-state index contributed by atoms with van der Waals surface area (Å²) < 4.78 is 0. The molecule has 138 valence electrons. The normalized spacial score (nSPS) is 10.3. The summed E-state index contributed by atoms with van der Waals surface area (Å²) in [4.78, 5) is 25.3. The molecule has 0 fully saturated rings. The number of nitrogens with zero attached hydrogens (tertiary/aromatic N) is 3. The van der Waals surface area contributed by atoms with Gasteiger partial charge in [-0.3, -0.25) is 9.59 Å². The van der Waals surface area contributed by atoms with Gasteiger partial charge in [0.1, 0.15) is 0 Å². The molecule has 0 atom stereocenters. The standard InChI is InChI=1S/C19H25N5O2/c1-4-12-24(13-5-2)19(26)17-10-11-18(23-22-17)21-16-8-6-15(7-9-16)20-14(3)25/h6-11H,4-5,12-13H2,1-3H3,(H,20,25)(H,21,23). The third-order valence-electron chi connectivity index (χ3n) is 3.64. The summed E-state index contributed by atoms with van der Waals surface area (Å²) in [5, 5.41) is 14.0. The first kappa shape index (κ1) is 19.4. The van der Waals surface area contributed by atoms with E-state index in [9.17, 15) is 9.59 Å².